The molecule has 4 aromatic rings. The Hall–Kier alpha value is -2.80. The molecule has 172 valence electrons. The van der Waals surface area contributed by atoms with Gasteiger partial charge in [-0.1, -0.05) is 29.8 Å². The summed E-state index contributed by atoms with van der Waals surface area (Å²) in [6.45, 7) is 4.57. The molecule has 6 nitrogen and oxygen atoms in total. The molecule has 1 aliphatic heterocycles. The molecule has 7 heteroatoms. The molecule has 2 aromatic heterocycles. The topological polar surface area (TPSA) is 71.9 Å². The molecule has 33 heavy (non-hydrogen) atoms. The number of aromatic nitrogens is 1. The number of likely N-dealkylation sites (tertiary alicyclic amines) is 1. The molecular formula is C26H27ClN2O4. The highest BCUT2D eigenvalue weighted by atomic mass is 35.5. The van der Waals surface area contributed by atoms with E-state index in [1.165, 1.54) is 5.56 Å². The fourth-order valence-electron chi connectivity index (χ4n) is 4.45. The maximum Gasteiger partial charge on any atom is 0.263 e. The summed E-state index contributed by atoms with van der Waals surface area (Å²) in [6.07, 6.45) is 3.24. The van der Waals surface area contributed by atoms with E-state index in [9.17, 15) is 5.11 Å². The van der Waals surface area contributed by atoms with Crippen LogP contribution in [0.4, 0.5) is 0 Å². The first kappa shape index (κ1) is 22.0. The summed E-state index contributed by atoms with van der Waals surface area (Å²) >= 11 is 6.01. The predicted octanol–water partition coefficient (Wildman–Crippen LogP) is 5.67. The molecule has 1 saturated heterocycles. The van der Waals surface area contributed by atoms with Gasteiger partial charge < -0.3 is 23.6 Å². The number of fused-ring (bicyclic) bond motifs is 1. The zero-order chi connectivity index (χ0) is 22.8. The summed E-state index contributed by atoms with van der Waals surface area (Å²) in [5, 5.41) is 12.2. The van der Waals surface area contributed by atoms with E-state index in [4.69, 9.17) is 25.2 Å². The Bertz CT molecular complexity index is 1210. The van der Waals surface area contributed by atoms with Crippen molar-refractivity contribution in [3.05, 3.63) is 71.1 Å². The van der Waals surface area contributed by atoms with Crippen LogP contribution in [0.2, 0.25) is 5.02 Å². The van der Waals surface area contributed by atoms with Gasteiger partial charge in [-0.15, -0.1) is 0 Å². The van der Waals surface area contributed by atoms with Crippen LogP contribution in [0.3, 0.4) is 0 Å². The molecule has 3 heterocycles. The number of rotatable bonds is 7. The Morgan fingerprint density at radius 3 is 2.67 bits per heavy atom. The first-order valence-electron chi connectivity index (χ1n) is 11.3. The predicted molar refractivity (Wildman–Crippen MR) is 128 cm³/mol. The highest BCUT2D eigenvalue weighted by Crippen LogP contribution is 2.33. The second-order valence-electron chi connectivity index (χ2n) is 8.65. The molecule has 0 radical (unpaired) electrons. The third kappa shape index (κ3) is 5.08. The average Bonchev–Trinajstić information content (AvgIpc) is 3.45. The minimum absolute atomic E-state index is 0.217. The van der Waals surface area contributed by atoms with E-state index in [1.807, 2.05) is 43.3 Å². The number of ether oxygens (including phenoxy) is 1. The van der Waals surface area contributed by atoms with Gasteiger partial charge in [0.1, 0.15) is 29.8 Å². The van der Waals surface area contributed by atoms with Crippen LogP contribution in [0.15, 0.2) is 63.6 Å². The number of nitrogens with zero attached hydrogens (tertiary/aromatic N) is 2. The molecule has 1 N–H and O–H groups in total. The van der Waals surface area contributed by atoms with Gasteiger partial charge in [-0.05, 0) is 68.6 Å². The van der Waals surface area contributed by atoms with Crippen LogP contribution in [-0.2, 0) is 0 Å². The highest BCUT2D eigenvalue weighted by molar-refractivity contribution is 6.30. The van der Waals surface area contributed by atoms with Crippen molar-refractivity contribution in [1.29, 1.82) is 0 Å². The summed E-state index contributed by atoms with van der Waals surface area (Å²) in [7, 11) is 0. The average molecular weight is 467 g/mol. The van der Waals surface area contributed by atoms with Crippen LogP contribution in [0.25, 0.3) is 22.6 Å². The molecule has 0 saturated carbocycles. The molecule has 0 amide bonds. The van der Waals surface area contributed by atoms with Crippen LogP contribution in [0.5, 0.6) is 5.75 Å². The van der Waals surface area contributed by atoms with Gasteiger partial charge in [0, 0.05) is 17.6 Å². The number of aryl methyl sites for hydroxylation is 1. The van der Waals surface area contributed by atoms with Gasteiger partial charge >= 0.3 is 0 Å². The quantitative estimate of drug-likeness (QED) is 0.378. The van der Waals surface area contributed by atoms with E-state index in [1.54, 1.807) is 6.20 Å². The van der Waals surface area contributed by atoms with Crippen molar-refractivity contribution in [3.8, 4) is 17.4 Å². The van der Waals surface area contributed by atoms with Crippen LogP contribution in [0.1, 0.15) is 30.1 Å². The van der Waals surface area contributed by atoms with E-state index in [0.29, 0.717) is 35.4 Å². The van der Waals surface area contributed by atoms with Crippen molar-refractivity contribution in [3.63, 3.8) is 0 Å². The second-order valence-corrected chi connectivity index (χ2v) is 9.08. The van der Waals surface area contributed by atoms with Crippen LogP contribution >= 0.6 is 11.6 Å². The number of aliphatic hydroxyl groups excluding tert-OH is 1. The van der Waals surface area contributed by atoms with Crippen molar-refractivity contribution < 1.29 is 18.7 Å². The van der Waals surface area contributed by atoms with E-state index >= 15 is 0 Å². The van der Waals surface area contributed by atoms with Gasteiger partial charge in [0.05, 0.1) is 11.6 Å². The SMILES string of the molecule is Cc1cnc(-c2cc3c(OC[C@@H](O)CN4CCC(c5ccc(Cl)cc5)CC4)cccc3o2)o1. The van der Waals surface area contributed by atoms with Crippen molar-refractivity contribution in [1.82, 2.24) is 9.88 Å². The summed E-state index contributed by atoms with van der Waals surface area (Å²) < 4.78 is 17.4. The summed E-state index contributed by atoms with van der Waals surface area (Å²) in [5.74, 6) is 2.94. The first-order valence-corrected chi connectivity index (χ1v) is 11.7. The Morgan fingerprint density at radius 1 is 1.15 bits per heavy atom. The number of hydrogen-bond acceptors (Lipinski definition) is 6. The molecule has 1 atom stereocenters. The summed E-state index contributed by atoms with van der Waals surface area (Å²) in [5.41, 5.74) is 2.03. The minimum atomic E-state index is -0.576. The standard InChI is InChI=1S/C26H27ClN2O4/c1-17-14-28-26(32-17)25-13-22-23(3-2-4-24(22)33-25)31-16-21(30)15-29-11-9-19(10-12-29)18-5-7-20(27)8-6-18/h2-8,13-14,19,21,30H,9-12,15-16H2,1H3/t21-/m0/s1. The second kappa shape index (κ2) is 9.59. The summed E-state index contributed by atoms with van der Waals surface area (Å²) in [4.78, 5) is 6.53. The minimum Gasteiger partial charge on any atom is -0.490 e. The first-order chi connectivity index (χ1) is 16.0. The summed E-state index contributed by atoms with van der Waals surface area (Å²) in [6, 6.07) is 15.7. The Kier molecular flexibility index (Phi) is 6.40. The number of aliphatic hydroxyl groups is 1. The normalized spacial score (nSPS) is 16.3. The van der Waals surface area contributed by atoms with Gasteiger partial charge in [0.25, 0.3) is 5.89 Å². The lowest BCUT2D eigenvalue weighted by molar-refractivity contribution is 0.0599. The lowest BCUT2D eigenvalue weighted by Gasteiger charge is -2.33. The largest absolute Gasteiger partial charge is 0.490 e. The molecule has 1 fully saturated rings. The Labute approximate surface area is 197 Å². The van der Waals surface area contributed by atoms with Gasteiger partial charge in [-0.3, -0.25) is 0 Å². The number of benzene rings is 2. The fourth-order valence-corrected chi connectivity index (χ4v) is 4.58. The Balaban J connectivity index is 1.16. The van der Waals surface area contributed by atoms with Crippen molar-refractivity contribution >= 4 is 22.6 Å². The van der Waals surface area contributed by atoms with Crippen molar-refractivity contribution in [2.45, 2.75) is 31.8 Å². The lowest BCUT2D eigenvalue weighted by Crippen LogP contribution is -2.40. The zero-order valence-electron chi connectivity index (χ0n) is 18.5. The van der Waals surface area contributed by atoms with E-state index in [0.717, 1.165) is 42.1 Å². The molecule has 0 spiro atoms. The van der Waals surface area contributed by atoms with Gasteiger partial charge in [0.2, 0.25) is 0 Å². The molecule has 5 rings (SSSR count). The fraction of sp³-hybridized carbons (Fsp3) is 0.346. The van der Waals surface area contributed by atoms with Gasteiger partial charge in [-0.2, -0.15) is 0 Å². The lowest BCUT2D eigenvalue weighted by atomic mass is 9.89. The van der Waals surface area contributed by atoms with Crippen LogP contribution in [-0.4, -0.2) is 47.3 Å². The maximum atomic E-state index is 10.6. The molecular weight excluding hydrogens is 440 g/mol. The van der Waals surface area contributed by atoms with Crippen molar-refractivity contribution in [2.75, 3.05) is 26.2 Å². The number of oxazole rings is 1. The van der Waals surface area contributed by atoms with Crippen LogP contribution < -0.4 is 4.74 Å². The number of β-amino-alcohol motifs (C(OH)–C–C–N with tert-alkyl or cyclic N) is 1. The third-order valence-corrected chi connectivity index (χ3v) is 6.43. The monoisotopic (exact) mass is 466 g/mol. The van der Waals surface area contributed by atoms with E-state index in [-0.39, 0.29) is 6.61 Å². The van der Waals surface area contributed by atoms with Gasteiger partial charge in [-0.25, -0.2) is 4.98 Å². The highest BCUT2D eigenvalue weighted by Gasteiger charge is 2.23. The zero-order valence-corrected chi connectivity index (χ0v) is 19.3. The third-order valence-electron chi connectivity index (χ3n) is 6.18. The van der Waals surface area contributed by atoms with E-state index < -0.39 is 6.10 Å². The Morgan fingerprint density at radius 2 is 1.94 bits per heavy atom. The molecule has 2 aromatic carbocycles. The molecule has 0 unspecified atom stereocenters. The van der Waals surface area contributed by atoms with Crippen molar-refractivity contribution in [2.24, 2.45) is 0 Å². The number of hydrogen-bond donors (Lipinski definition) is 1. The van der Waals surface area contributed by atoms with Crippen LogP contribution in [0, 0.1) is 6.92 Å². The number of piperidine rings is 1. The smallest absolute Gasteiger partial charge is 0.263 e. The van der Waals surface area contributed by atoms with Gasteiger partial charge in [0.15, 0.2) is 5.76 Å². The molecule has 0 aliphatic carbocycles. The number of furan rings is 1. The van der Waals surface area contributed by atoms with E-state index in [2.05, 4.69) is 22.0 Å². The molecule has 1 aliphatic rings. The number of halogens is 1. The maximum absolute atomic E-state index is 10.6. The molecule has 0 bridgehead atoms.